The third-order valence-corrected chi connectivity index (χ3v) is 5.40. The fourth-order valence-electron chi connectivity index (χ4n) is 4.00. The first-order valence-electron chi connectivity index (χ1n) is 9.92. The van der Waals surface area contributed by atoms with Crippen LogP contribution in [0.3, 0.4) is 0 Å². The van der Waals surface area contributed by atoms with Crippen molar-refractivity contribution in [2.75, 3.05) is 0 Å². The normalized spacial score (nSPS) is 16.8. The van der Waals surface area contributed by atoms with Gasteiger partial charge in [0.05, 0.1) is 17.2 Å². The lowest BCUT2D eigenvalue weighted by Gasteiger charge is -2.33. The summed E-state index contributed by atoms with van der Waals surface area (Å²) in [6.07, 6.45) is -3.65. The molecule has 1 aliphatic carbocycles. The molecule has 1 fully saturated rings. The smallest absolute Gasteiger partial charge is 0.420 e. The molecule has 2 aromatic rings. The zero-order valence-electron chi connectivity index (χ0n) is 17.5. The summed E-state index contributed by atoms with van der Waals surface area (Å²) in [4.78, 5) is 25.5. The molecule has 0 heterocycles. The molecule has 0 spiro atoms. The van der Waals surface area contributed by atoms with Gasteiger partial charge in [-0.05, 0) is 53.3 Å². The van der Waals surface area contributed by atoms with Crippen LogP contribution in [0.25, 0.3) is 0 Å². The van der Waals surface area contributed by atoms with Gasteiger partial charge in [0.2, 0.25) is 0 Å². The number of nitrogens with zero attached hydrogens (tertiary/aromatic N) is 1. The van der Waals surface area contributed by atoms with Gasteiger partial charge >= 0.3 is 6.18 Å². The summed E-state index contributed by atoms with van der Waals surface area (Å²) in [6, 6.07) is 9.41. The number of rotatable bonds is 4. The van der Waals surface area contributed by atoms with Crippen molar-refractivity contribution in [1.82, 2.24) is 0 Å². The number of aryl methyl sites for hydroxylation is 1. The molecule has 0 bridgehead atoms. The van der Waals surface area contributed by atoms with Crippen LogP contribution in [0.2, 0.25) is 0 Å². The van der Waals surface area contributed by atoms with Crippen molar-refractivity contribution in [2.45, 2.75) is 52.1 Å². The maximum absolute atomic E-state index is 13.5. The van der Waals surface area contributed by atoms with E-state index in [2.05, 4.69) is 0 Å². The number of hydrogen-bond donors (Lipinski definition) is 0. The largest absolute Gasteiger partial charge is 0.457 e. The van der Waals surface area contributed by atoms with Crippen LogP contribution in [0.1, 0.15) is 61.8 Å². The number of ketones is 2. The molecule has 0 unspecified atom stereocenters. The molecule has 7 heteroatoms. The summed E-state index contributed by atoms with van der Waals surface area (Å²) in [5.41, 5.74) is -0.362. The van der Waals surface area contributed by atoms with E-state index in [1.807, 2.05) is 20.8 Å². The Morgan fingerprint density at radius 2 is 1.74 bits per heavy atom. The summed E-state index contributed by atoms with van der Waals surface area (Å²) >= 11 is 0. The van der Waals surface area contributed by atoms with Crippen molar-refractivity contribution >= 4 is 11.6 Å². The van der Waals surface area contributed by atoms with Gasteiger partial charge in [-0.25, -0.2) is 0 Å². The number of alkyl halides is 3. The zero-order chi connectivity index (χ0) is 23.0. The van der Waals surface area contributed by atoms with Gasteiger partial charge in [-0.2, -0.15) is 18.4 Å². The van der Waals surface area contributed by atoms with Crippen molar-refractivity contribution in [3.63, 3.8) is 0 Å². The number of carbonyl (C=O) groups excluding carboxylic acids is 2. The predicted octanol–water partition coefficient (Wildman–Crippen LogP) is 5.97. The van der Waals surface area contributed by atoms with Gasteiger partial charge in [0.1, 0.15) is 29.0 Å². The minimum absolute atomic E-state index is 0.0906. The summed E-state index contributed by atoms with van der Waals surface area (Å²) in [6.45, 7) is 5.61. The lowest BCUT2D eigenvalue weighted by molar-refractivity contribution is -0.139. The van der Waals surface area contributed by atoms with E-state index in [9.17, 15) is 22.8 Å². The Labute approximate surface area is 178 Å². The first-order chi connectivity index (χ1) is 14.4. The molecule has 1 aliphatic rings. The Morgan fingerprint density at radius 1 is 1.10 bits per heavy atom. The van der Waals surface area contributed by atoms with Crippen LogP contribution in [-0.2, 0) is 22.2 Å². The summed E-state index contributed by atoms with van der Waals surface area (Å²) < 4.78 is 45.9. The summed E-state index contributed by atoms with van der Waals surface area (Å²) in [7, 11) is 0. The first-order valence-corrected chi connectivity index (χ1v) is 9.92. The Balaban J connectivity index is 2.02. The molecule has 0 radical (unpaired) electrons. The van der Waals surface area contributed by atoms with Crippen molar-refractivity contribution in [1.29, 1.82) is 5.26 Å². The van der Waals surface area contributed by atoms with Crippen LogP contribution in [0.15, 0.2) is 36.4 Å². The van der Waals surface area contributed by atoms with Gasteiger partial charge in [-0.15, -0.1) is 0 Å². The van der Waals surface area contributed by atoms with Crippen LogP contribution < -0.4 is 4.74 Å². The lowest BCUT2D eigenvalue weighted by atomic mass is 9.69. The SMILES string of the molecule is CCc1ccc(Oc2ccc(C#N)cc2C(F)(F)F)cc1C1C(=O)CC(C)(C)CC1=O. The number of halogens is 3. The van der Waals surface area contributed by atoms with E-state index < -0.39 is 28.8 Å². The molecule has 0 aromatic heterocycles. The van der Waals surface area contributed by atoms with Crippen molar-refractivity contribution in [3.8, 4) is 17.6 Å². The van der Waals surface area contributed by atoms with Crippen LogP contribution in [0.4, 0.5) is 13.2 Å². The van der Waals surface area contributed by atoms with E-state index >= 15 is 0 Å². The van der Waals surface area contributed by atoms with Gasteiger partial charge in [0, 0.05) is 12.8 Å². The molecular weight excluding hydrogens is 407 g/mol. The maximum atomic E-state index is 13.5. The molecule has 0 saturated heterocycles. The number of benzene rings is 2. The molecule has 3 rings (SSSR count). The summed E-state index contributed by atoms with van der Waals surface area (Å²) in [5.74, 6) is -1.68. The van der Waals surface area contributed by atoms with E-state index in [0.29, 0.717) is 12.0 Å². The van der Waals surface area contributed by atoms with Gasteiger partial charge in [-0.3, -0.25) is 9.59 Å². The molecule has 0 aliphatic heterocycles. The van der Waals surface area contributed by atoms with E-state index in [-0.39, 0.29) is 35.7 Å². The van der Waals surface area contributed by atoms with Crippen LogP contribution in [0, 0.1) is 16.7 Å². The Bertz CT molecular complexity index is 1060. The standard InChI is InChI=1S/C24H22F3NO3/c1-4-15-6-7-16(10-17(15)22-19(29)11-23(2,3)12-20(22)30)31-21-8-5-14(13-28)9-18(21)24(25,26)27/h5-10,22H,4,11-12H2,1-3H3. The van der Waals surface area contributed by atoms with E-state index in [1.165, 1.54) is 18.2 Å². The van der Waals surface area contributed by atoms with Gasteiger partial charge in [-0.1, -0.05) is 26.8 Å². The number of hydrogen-bond acceptors (Lipinski definition) is 4. The number of carbonyl (C=O) groups is 2. The number of nitriles is 1. The Kier molecular flexibility index (Phi) is 5.95. The van der Waals surface area contributed by atoms with E-state index in [4.69, 9.17) is 10.00 Å². The number of Topliss-reactive ketones (excluding diaryl/α,β-unsaturated/α-hetero) is 2. The molecule has 0 N–H and O–H groups in total. The van der Waals surface area contributed by atoms with Crippen LogP contribution in [-0.4, -0.2) is 11.6 Å². The molecule has 0 amide bonds. The second-order valence-electron chi connectivity index (χ2n) is 8.52. The lowest BCUT2D eigenvalue weighted by Crippen LogP contribution is -2.36. The fourth-order valence-corrected chi connectivity index (χ4v) is 4.00. The highest BCUT2D eigenvalue weighted by molar-refractivity contribution is 6.10. The third-order valence-electron chi connectivity index (χ3n) is 5.40. The third kappa shape index (κ3) is 4.79. The number of ether oxygens (including phenoxy) is 1. The van der Waals surface area contributed by atoms with Crippen molar-refractivity contribution < 1.29 is 27.5 Å². The topological polar surface area (TPSA) is 67.2 Å². The molecule has 31 heavy (non-hydrogen) atoms. The Morgan fingerprint density at radius 3 is 2.29 bits per heavy atom. The predicted molar refractivity (Wildman–Crippen MR) is 108 cm³/mol. The molecule has 1 saturated carbocycles. The highest BCUT2D eigenvalue weighted by Gasteiger charge is 2.41. The first kappa shape index (κ1) is 22.5. The van der Waals surface area contributed by atoms with Gasteiger partial charge < -0.3 is 4.74 Å². The second-order valence-corrected chi connectivity index (χ2v) is 8.52. The van der Waals surface area contributed by atoms with Gasteiger partial charge in [0.15, 0.2) is 0 Å². The molecule has 2 aromatic carbocycles. The van der Waals surface area contributed by atoms with Crippen molar-refractivity contribution in [2.24, 2.45) is 5.41 Å². The molecule has 4 nitrogen and oxygen atoms in total. The van der Waals surface area contributed by atoms with Crippen LogP contribution in [0.5, 0.6) is 11.5 Å². The average Bonchev–Trinajstić information content (AvgIpc) is 2.66. The second kappa shape index (κ2) is 8.18. The van der Waals surface area contributed by atoms with Crippen LogP contribution >= 0.6 is 0 Å². The minimum atomic E-state index is -4.71. The quantitative estimate of drug-likeness (QED) is 0.561. The zero-order valence-corrected chi connectivity index (χ0v) is 17.5. The Hall–Kier alpha value is -3.14. The van der Waals surface area contributed by atoms with E-state index in [1.54, 1.807) is 12.1 Å². The van der Waals surface area contributed by atoms with E-state index in [0.717, 1.165) is 17.7 Å². The van der Waals surface area contributed by atoms with Gasteiger partial charge in [0.25, 0.3) is 0 Å². The highest BCUT2D eigenvalue weighted by atomic mass is 19.4. The maximum Gasteiger partial charge on any atom is 0.420 e. The van der Waals surface area contributed by atoms with Crippen molar-refractivity contribution in [3.05, 3.63) is 58.7 Å². The fraction of sp³-hybridized carbons (Fsp3) is 0.375. The molecular formula is C24H22F3NO3. The highest BCUT2D eigenvalue weighted by Crippen LogP contribution is 2.42. The minimum Gasteiger partial charge on any atom is -0.457 e. The average molecular weight is 429 g/mol. The molecule has 162 valence electrons. The summed E-state index contributed by atoms with van der Waals surface area (Å²) in [5, 5.41) is 8.91. The monoisotopic (exact) mass is 429 g/mol. The molecule has 0 atom stereocenters.